The molecular weight excluding hydrogens is 420 g/mol. The molecule has 0 unspecified atom stereocenters. The molecule has 6 aromatic carbocycles. The molecule has 35 heavy (non-hydrogen) atoms. The lowest BCUT2D eigenvalue weighted by Crippen LogP contribution is -1.80. The van der Waals surface area contributed by atoms with Crippen LogP contribution in [0.4, 0.5) is 0 Å². The molecule has 0 N–H and O–H groups in total. The van der Waals surface area contributed by atoms with E-state index in [0.29, 0.717) is 0 Å². The van der Waals surface area contributed by atoms with Gasteiger partial charge in [0.15, 0.2) is 0 Å². The Bertz CT molecular complexity index is 1500. The van der Waals surface area contributed by atoms with Crippen LogP contribution in [0.3, 0.4) is 0 Å². The van der Waals surface area contributed by atoms with Crippen molar-refractivity contribution in [3.63, 3.8) is 0 Å². The van der Waals surface area contributed by atoms with Crippen LogP contribution >= 0.6 is 0 Å². The van der Waals surface area contributed by atoms with Gasteiger partial charge < -0.3 is 0 Å². The number of fused-ring (bicyclic) bond motifs is 2. The Hall–Kier alpha value is -4.16. The minimum atomic E-state index is 1.29. The van der Waals surface area contributed by atoms with E-state index in [0.717, 1.165) is 0 Å². The molecule has 0 saturated heterocycles. The number of benzene rings is 6. The lowest BCUT2D eigenvalue weighted by molar-refractivity contribution is 1.46. The number of aryl methyl sites for hydroxylation is 3. The highest BCUT2D eigenvalue weighted by atomic mass is 14.0. The van der Waals surface area contributed by atoms with Crippen LogP contribution < -0.4 is 0 Å². The highest BCUT2D eigenvalue weighted by Crippen LogP contribution is 2.22. The van der Waals surface area contributed by atoms with Crippen LogP contribution in [0.1, 0.15) is 16.7 Å². The third-order valence-corrected chi connectivity index (χ3v) is 6.14. The van der Waals surface area contributed by atoms with Crippen molar-refractivity contribution in [2.24, 2.45) is 0 Å². The third-order valence-electron chi connectivity index (χ3n) is 6.14. The van der Waals surface area contributed by atoms with Crippen LogP contribution in [0.2, 0.25) is 0 Å². The van der Waals surface area contributed by atoms with Crippen LogP contribution in [0, 0.1) is 20.8 Å². The molecule has 6 aromatic rings. The zero-order valence-corrected chi connectivity index (χ0v) is 20.8. The van der Waals surface area contributed by atoms with Crippen molar-refractivity contribution in [3.05, 3.63) is 156 Å². The Labute approximate surface area is 209 Å². The minimum absolute atomic E-state index is 1.29. The fourth-order valence-corrected chi connectivity index (χ4v) is 4.21. The first-order chi connectivity index (χ1) is 17.1. The van der Waals surface area contributed by atoms with Gasteiger partial charge in [-0.05, 0) is 64.6 Å². The van der Waals surface area contributed by atoms with Crippen LogP contribution in [0.25, 0.3) is 32.7 Å². The van der Waals surface area contributed by atoms with Crippen molar-refractivity contribution in [3.8, 4) is 11.1 Å². The predicted molar refractivity (Wildman–Crippen MR) is 154 cm³/mol. The number of rotatable bonds is 1. The predicted octanol–water partition coefficient (Wildman–Crippen LogP) is 9.96. The Kier molecular flexibility index (Phi) is 8.09. The van der Waals surface area contributed by atoms with Crippen molar-refractivity contribution in [2.75, 3.05) is 0 Å². The fourth-order valence-electron chi connectivity index (χ4n) is 4.21. The molecule has 0 heteroatoms. The maximum absolute atomic E-state index is 2.20. The maximum Gasteiger partial charge on any atom is -0.0155 e. The lowest BCUT2D eigenvalue weighted by atomic mass is 10.0. The first kappa shape index (κ1) is 24.0. The van der Waals surface area contributed by atoms with Gasteiger partial charge in [0, 0.05) is 0 Å². The standard InChI is InChI=1S/C13H12.2C11H10/c1-11-7-5-6-10-13(11)12-8-3-2-4-9-12;1-9-5-4-7-10-6-2-3-8-11(9)10;1-9-6-7-10-4-2-3-5-11(10)8-9/h2-10H,1H3;2*2-8H,1H3. The van der Waals surface area contributed by atoms with Crippen molar-refractivity contribution in [1.29, 1.82) is 0 Å². The average molecular weight is 453 g/mol. The van der Waals surface area contributed by atoms with Crippen molar-refractivity contribution >= 4 is 21.5 Å². The molecule has 0 nitrogen and oxygen atoms in total. The molecule has 0 amide bonds. The molecule has 0 spiro atoms. The van der Waals surface area contributed by atoms with Crippen LogP contribution in [-0.4, -0.2) is 0 Å². The molecule has 0 aliphatic heterocycles. The molecular formula is C35H32. The number of hydrogen-bond acceptors (Lipinski definition) is 0. The van der Waals surface area contributed by atoms with Crippen molar-refractivity contribution < 1.29 is 0 Å². The second-order valence-electron chi connectivity index (χ2n) is 8.83. The summed E-state index contributed by atoms with van der Waals surface area (Å²) in [4.78, 5) is 0. The maximum atomic E-state index is 2.20. The van der Waals surface area contributed by atoms with E-state index in [1.54, 1.807) is 0 Å². The Balaban J connectivity index is 0.000000124. The summed E-state index contributed by atoms with van der Waals surface area (Å²) in [6.45, 7) is 6.40. The van der Waals surface area contributed by atoms with E-state index >= 15 is 0 Å². The summed E-state index contributed by atoms with van der Waals surface area (Å²) in [5.74, 6) is 0. The van der Waals surface area contributed by atoms with E-state index in [1.165, 1.54) is 49.4 Å². The Morgan fingerprint density at radius 3 is 1.69 bits per heavy atom. The molecule has 6 rings (SSSR count). The first-order valence-corrected chi connectivity index (χ1v) is 12.1. The molecule has 0 aromatic heterocycles. The SMILES string of the molecule is Cc1ccc2ccccc2c1.Cc1cccc2ccccc12.Cc1ccccc1-c1ccccc1. The Morgan fingerprint density at radius 2 is 0.943 bits per heavy atom. The van der Waals surface area contributed by atoms with Gasteiger partial charge in [-0.25, -0.2) is 0 Å². The quantitative estimate of drug-likeness (QED) is 0.233. The van der Waals surface area contributed by atoms with E-state index in [4.69, 9.17) is 0 Å². The van der Waals surface area contributed by atoms with E-state index in [-0.39, 0.29) is 0 Å². The topological polar surface area (TPSA) is 0 Å². The van der Waals surface area contributed by atoms with E-state index in [9.17, 15) is 0 Å². The van der Waals surface area contributed by atoms with Gasteiger partial charge in [0.05, 0.1) is 0 Å². The van der Waals surface area contributed by atoms with E-state index < -0.39 is 0 Å². The molecule has 0 bridgehead atoms. The van der Waals surface area contributed by atoms with Gasteiger partial charge >= 0.3 is 0 Å². The van der Waals surface area contributed by atoms with Gasteiger partial charge in [0.1, 0.15) is 0 Å². The lowest BCUT2D eigenvalue weighted by Gasteiger charge is -2.04. The molecule has 0 aliphatic carbocycles. The Morgan fingerprint density at radius 1 is 0.371 bits per heavy atom. The zero-order chi connectivity index (χ0) is 24.5. The third kappa shape index (κ3) is 6.46. The van der Waals surface area contributed by atoms with Crippen molar-refractivity contribution in [2.45, 2.75) is 20.8 Å². The summed E-state index contributed by atoms with van der Waals surface area (Å²) in [7, 11) is 0. The van der Waals surface area contributed by atoms with Gasteiger partial charge in [0.25, 0.3) is 0 Å². The smallest absolute Gasteiger partial charge is 0.0155 e. The largest absolute Gasteiger partial charge is 0.0622 e. The summed E-state index contributed by atoms with van der Waals surface area (Å²) in [5, 5.41) is 5.33. The van der Waals surface area contributed by atoms with Gasteiger partial charge in [-0.2, -0.15) is 0 Å². The normalized spacial score (nSPS) is 10.1. The van der Waals surface area contributed by atoms with Gasteiger partial charge in [0.2, 0.25) is 0 Å². The molecule has 0 saturated carbocycles. The van der Waals surface area contributed by atoms with Gasteiger partial charge in [-0.3, -0.25) is 0 Å². The second-order valence-corrected chi connectivity index (χ2v) is 8.83. The summed E-state index contributed by atoms with van der Waals surface area (Å²) in [6.07, 6.45) is 0. The monoisotopic (exact) mass is 452 g/mol. The molecule has 0 heterocycles. The summed E-state index contributed by atoms with van der Waals surface area (Å²) in [6, 6.07) is 48.7. The van der Waals surface area contributed by atoms with E-state index in [1.807, 2.05) is 6.07 Å². The number of hydrogen-bond donors (Lipinski definition) is 0. The molecule has 0 radical (unpaired) electrons. The molecule has 0 fully saturated rings. The highest BCUT2D eigenvalue weighted by Gasteiger charge is 1.98. The average Bonchev–Trinajstić information content (AvgIpc) is 2.90. The van der Waals surface area contributed by atoms with Gasteiger partial charge in [-0.15, -0.1) is 0 Å². The molecule has 0 atom stereocenters. The van der Waals surface area contributed by atoms with Crippen molar-refractivity contribution in [1.82, 2.24) is 0 Å². The zero-order valence-electron chi connectivity index (χ0n) is 20.8. The van der Waals surface area contributed by atoms with E-state index in [2.05, 4.69) is 154 Å². The van der Waals surface area contributed by atoms with Crippen LogP contribution in [-0.2, 0) is 0 Å². The molecule has 172 valence electrons. The summed E-state index contributed by atoms with van der Waals surface area (Å²) in [5.41, 5.74) is 6.62. The summed E-state index contributed by atoms with van der Waals surface area (Å²) < 4.78 is 0. The molecule has 0 aliphatic rings. The minimum Gasteiger partial charge on any atom is -0.0622 e. The highest BCUT2D eigenvalue weighted by molar-refractivity contribution is 5.85. The van der Waals surface area contributed by atoms with Gasteiger partial charge in [-0.1, -0.05) is 145 Å². The summed E-state index contributed by atoms with van der Waals surface area (Å²) >= 11 is 0. The van der Waals surface area contributed by atoms with Crippen LogP contribution in [0.15, 0.2) is 140 Å². The van der Waals surface area contributed by atoms with Crippen LogP contribution in [0.5, 0.6) is 0 Å². The first-order valence-electron chi connectivity index (χ1n) is 12.1. The fraction of sp³-hybridized carbons (Fsp3) is 0.0857. The second kappa shape index (κ2) is 11.8.